The van der Waals surface area contributed by atoms with Gasteiger partial charge in [-0.15, -0.1) is 0 Å². The van der Waals surface area contributed by atoms with Crippen molar-refractivity contribution in [3.05, 3.63) is 163 Å². The van der Waals surface area contributed by atoms with Crippen LogP contribution in [0, 0.1) is 0 Å². The Bertz CT molecular complexity index is 2430. The molecule has 0 aliphatic heterocycles. The molecule has 8 aromatic rings. The Hall–Kier alpha value is -5.60. The van der Waals surface area contributed by atoms with Crippen LogP contribution in [0.25, 0.3) is 55.0 Å². The molecule has 0 saturated carbocycles. The van der Waals surface area contributed by atoms with E-state index in [1.54, 1.807) is 0 Å². The summed E-state index contributed by atoms with van der Waals surface area (Å²) in [6, 6.07) is 54.7. The second-order valence-electron chi connectivity index (χ2n) is 12.6. The number of para-hydroxylation sites is 1. The summed E-state index contributed by atoms with van der Waals surface area (Å²) >= 11 is 0. The molecule has 0 unspecified atom stereocenters. The van der Waals surface area contributed by atoms with Gasteiger partial charge in [0.15, 0.2) is 0 Å². The Kier molecular flexibility index (Phi) is 5.58. The maximum absolute atomic E-state index is 6.41. The average molecular weight is 578 g/mol. The summed E-state index contributed by atoms with van der Waals surface area (Å²) in [7, 11) is 0. The summed E-state index contributed by atoms with van der Waals surface area (Å²) in [4.78, 5) is 2.46. The third-order valence-corrected chi connectivity index (χ3v) is 9.61. The van der Waals surface area contributed by atoms with Gasteiger partial charge in [0.1, 0.15) is 11.2 Å². The Balaban J connectivity index is 1.33. The molecule has 2 nitrogen and oxygen atoms in total. The Morgan fingerprint density at radius 3 is 2.13 bits per heavy atom. The number of nitrogens with zero attached hydrogens (tertiary/aromatic N) is 1. The summed E-state index contributed by atoms with van der Waals surface area (Å²) in [6.07, 6.45) is 0. The molecule has 1 aromatic heterocycles. The zero-order valence-electron chi connectivity index (χ0n) is 25.3. The lowest BCUT2D eigenvalue weighted by atomic mass is 9.81. The third-order valence-electron chi connectivity index (χ3n) is 9.61. The SMILES string of the molecule is CC1(C)c2ccccc2-c2cccc(N(c3cccc(-c4ccc5ccccc5c4)c3)c3cccc4oc5ccccc5c34)c21. The molecule has 214 valence electrons. The largest absolute Gasteiger partial charge is 0.456 e. The Morgan fingerprint density at radius 2 is 1.20 bits per heavy atom. The first-order chi connectivity index (χ1) is 22.1. The molecule has 0 fully saturated rings. The van der Waals surface area contributed by atoms with Gasteiger partial charge in [0, 0.05) is 16.5 Å². The average Bonchev–Trinajstić information content (AvgIpc) is 3.58. The van der Waals surface area contributed by atoms with Crippen LogP contribution in [0.3, 0.4) is 0 Å². The molecule has 1 aliphatic rings. The van der Waals surface area contributed by atoms with Crippen molar-refractivity contribution in [1.29, 1.82) is 0 Å². The van der Waals surface area contributed by atoms with Crippen molar-refractivity contribution in [3.8, 4) is 22.3 Å². The van der Waals surface area contributed by atoms with Gasteiger partial charge in [-0.05, 0) is 86.6 Å². The molecule has 9 rings (SSSR count). The van der Waals surface area contributed by atoms with Crippen LogP contribution in [-0.4, -0.2) is 0 Å². The smallest absolute Gasteiger partial charge is 0.137 e. The van der Waals surface area contributed by atoms with E-state index in [0.717, 1.165) is 33.3 Å². The van der Waals surface area contributed by atoms with Gasteiger partial charge in [-0.3, -0.25) is 0 Å². The lowest BCUT2D eigenvalue weighted by Crippen LogP contribution is -2.20. The molecule has 0 bridgehead atoms. The molecule has 1 aliphatic carbocycles. The molecular formula is C43H31NO. The topological polar surface area (TPSA) is 16.4 Å². The van der Waals surface area contributed by atoms with Crippen molar-refractivity contribution in [3.63, 3.8) is 0 Å². The van der Waals surface area contributed by atoms with Crippen LogP contribution in [-0.2, 0) is 5.41 Å². The summed E-state index contributed by atoms with van der Waals surface area (Å²) in [5.74, 6) is 0. The minimum absolute atomic E-state index is 0.177. The molecule has 2 heteroatoms. The second-order valence-corrected chi connectivity index (χ2v) is 12.6. The van der Waals surface area contributed by atoms with E-state index in [1.165, 1.54) is 49.8 Å². The number of furan rings is 1. The van der Waals surface area contributed by atoms with Gasteiger partial charge in [0.05, 0.1) is 16.8 Å². The number of fused-ring (bicyclic) bond motifs is 7. The monoisotopic (exact) mass is 577 g/mol. The van der Waals surface area contributed by atoms with Gasteiger partial charge in [-0.1, -0.05) is 123 Å². The number of anilines is 3. The van der Waals surface area contributed by atoms with E-state index in [1.807, 2.05) is 6.07 Å². The van der Waals surface area contributed by atoms with Crippen LogP contribution in [0.15, 0.2) is 156 Å². The molecular weight excluding hydrogens is 546 g/mol. The van der Waals surface area contributed by atoms with Gasteiger partial charge in [0.2, 0.25) is 0 Å². The predicted molar refractivity (Wildman–Crippen MR) is 189 cm³/mol. The summed E-state index contributed by atoms with van der Waals surface area (Å²) < 4.78 is 6.41. The van der Waals surface area contributed by atoms with Gasteiger partial charge >= 0.3 is 0 Å². The molecule has 0 amide bonds. The van der Waals surface area contributed by atoms with Gasteiger partial charge in [-0.25, -0.2) is 0 Å². The zero-order valence-corrected chi connectivity index (χ0v) is 25.3. The van der Waals surface area contributed by atoms with Gasteiger partial charge in [0.25, 0.3) is 0 Å². The fraction of sp³-hybridized carbons (Fsp3) is 0.0698. The zero-order chi connectivity index (χ0) is 30.1. The standard InChI is InChI=1S/C43H31NO/c1-43(2)36-19-7-5-16-33(36)34-18-10-21-38(42(34)43)44(37-20-11-23-40-41(37)35-17-6-8-22-39(35)45-40)32-15-9-14-30(27-32)31-25-24-28-12-3-4-13-29(28)26-31/h3-27H,1-2H3. The summed E-state index contributed by atoms with van der Waals surface area (Å²) in [5.41, 5.74) is 12.7. The molecule has 0 atom stereocenters. The summed E-state index contributed by atoms with van der Waals surface area (Å²) in [5, 5.41) is 4.73. The molecule has 0 N–H and O–H groups in total. The van der Waals surface area contributed by atoms with Crippen molar-refractivity contribution in [1.82, 2.24) is 0 Å². The maximum Gasteiger partial charge on any atom is 0.137 e. The van der Waals surface area contributed by atoms with Crippen LogP contribution in [0.4, 0.5) is 17.1 Å². The van der Waals surface area contributed by atoms with E-state index in [0.29, 0.717) is 0 Å². The number of benzene rings is 7. The quantitative estimate of drug-likeness (QED) is 0.207. The van der Waals surface area contributed by atoms with Gasteiger partial charge < -0.3 is 9.32 Å². The molecule has 0 spiro atoms. The normalized spacial score (nSPS) is 13.3. The fourth-order valence-electron chi connectivity index (χ4n) is 7.55. The first kappa shape index (κ1) is 25.9. The highest BCUT2D eigenvalue weighted by Crippen LogP contribution is 2.55. The van der Waals surface area contributed by atoms with E-state index in [9.17, 15) is 0 Å². The molecule has 1 heterocycles. The molecule has 7 aromatic carbocycles. The lowest BCUT2D eigenvalue weighted by Gasteiger charge is -2.32. The maximum atomic E-state index is 6.41. The van der Waals surface area contributed by atoms with E-state index in [4.69, 9.17) is 4.42 Å². The van der Waals surface area contributed by atoms with E-state index < -0.39 is 0 Å². The van der Waals surface area contributed by atoms with Crippen molar-refractivity contribution >= 4 is 49.8 Å². The second kappa shape index (κ2) is 9.70. The third kappa shape index (κ3) is 3.89. The Morgan fingerprint density at radius 1 is 0.511 bits per heavy atom. The molecule has 45 heavy (non-hydrogen) atoms. The number of hydrogen-bond donors (Lipinski definition) is 0. The van der Waals surface area contributed by atoms with Crippen molar-refractivity contribution in [2.75, 3.05) is 4.90 Å². The van der Waals surface area contributed by atoms with E-state index in [-0.39, 0.29) is 5.41 Å². The highest BCUT2D eigenvalue weighted by Gasteiger charge is 2.39. The van der Waals surface area contributed by atoms with Crippen molar-refractivity contribution in [2.45, 2.75) is 19.3 Å². The number of rotatable bonds is 4. The van der Waals surface area contributed by atoms with E-state index in [2.05, 4.69) is 164 Å². The summed E-state index contributed by atoms with van der Waals surface area (Å²) in [6.45, 7) is 4.72. The Labute approximate surface area is 262 Å². The lowest BCUT2D eigenvalue weighted by molar-refractivity contribution is 0.661. The van der Waals surface area contributed by atoms with Crippen LogP contribution < -0.4 is 4.90 Å². The van der Waals surface area contributed by atoms with E-state index >= 15 is 0 Å². The van der Waals surface area contributed by atoms with Crippen LogP contribution in [0.1, 0.15) is 25.0 Å². The first-order valence-electron chi connectivity index (χ1n) is 15.6. The van der Waals surface area contributed by atoms with Crippen LogP contribution in [0.5, 0.6) is 0 Å². The number of hydrogen-bond acceptors (Lipinski definition) is 2. The first-order valence-corrected chi connectivity index (χ1v) is 15.6. The highest BCUT2D eigenvalue weighted by atomic mass is 16.3. The molecule has 0 saturated heterocycles. The van der Waals surface area contributed by atoms with Crippen LogP contribution in [0.2, 0.25) is 0 Å². The minimum atomic E-state index is -0.177. The van der Waals surface area contributed by atoms with Crippen molar-refractivity contribution in [2.24, 2.45) is 0 Å². The van der Waals surface area contributed by atoms with Gasteiger partial charge in [-0.2, -0.15) is 0 Å². The predicted octanol–water partition coefficient (Wildman–Crippen LogP) is 12.2. The highest BCUT2D eigenvalue weighted by molar-refractivity contribution is 6.13. The molecule has 0 radical (unpaired) electrons. The van der Waals surface area contributed by atoms with Crippen LogP contribution >= 0.6 is 0 Å². The fourth-order valence-corrected chi connectivity index (χ4v) is 7.55. The van der Waals surface area contributed by atoms with Crippen molar-refractivity contribution < 1.29 is 4.42 Å². The minimum Gasteiger partial charge on any atom is -0.456 e.